The van der Waals surface area contributed by atoms with Crippen molar-refractivity contribution in [2.75, 3.05) is 102 Å². The van der Waals surface area contributed by atoms with Gasteiger partial charge in [-0.05, 0) is 110 Å². The molecule has 2 aliphatic rings. The lowest BCUT2D eigenvalue weighted by molar-refractivity contribution is -0.141. The summed E-state index contributed by atoms with van der Waals surface area (Å²) in [5.41, 5.74) is 4.21. The molecular formula is C65H79ClN10O13. The fraction of sp³-hybridized carbons (Fsp3) is 0.431. The van der Waals surface area contributed by atoms with Gasteiger partial charge in [-0.25, -0.2) is 14.6 Å². The summed E-state index contributed by atoms with van der Waals surface area (Å²) in [7, 11) is 5.15. The molecule has 1 saturated heterocycles. The van der Waals surface area contributed by atoms with Crippen molar-refractivity contribution < 1.29 is 62.4 Å². The third-order valence-corrected chi connectivity index (χ3v) is 16.2. The number of amides is 8. The highest BCUT2D eigenvalue weighted by Crippen LogP contribution is 2.47. The van der Waals surface area contributed by atoms with Crippen molar-refractivity contribution in [2.45, 2.75) is 79.5 Å². The molecule has 0 radical (unpaired) electrons. The molecule has 0 bridgehead atoms. The van der Waals surface area contributed by atoms with Crippen LogP contribution in [0.3, 0.4) is 0 Å². The predicted octanol–water partition coefficient (Wildman–Crippen LogP) is 8.29. The predicted molar refractivity (Wildman–Crippen MR) is 336 cm³/mol. The van der Waals surface area contributed by atoms with Crippen molar-refractivity contribution in [3.8, 4) is 11.5 Å². The number of nitrogens with one attached hydrogen (secondary N) is 3. The summed E-state index contributed by atoms with van der Waals surface area (Å²) < 4.78 is 25.3. The Hall–Kier alpha value is -8.64. The molecule has 8 rings (SSSR count). The third-order valence-electron chi connectivity index (χ3n) is 15.8. The van der Waals surface area contributed by atoms with Gasteiger partial charge in [0.2, 0.25) is 23.6 Å². The van der Waals surface area contributed by atoms with Crippen molar-refractivity contribution in [3.05, 3.63) is 125 Å². The summed E-state index contributed by atoms with van der Waals surface area (Å²) in [6, 6.07) is 21.9. The van der Waals surface area contributed by atoms with Crippen molar-refractivity contribution >= 4 is 92.7 Å². The van der Waals surface area contributed by atoms with Crippen LogP contribution in [0.1, 0.15) is 91.4 Å². The number of imide groups is 1. The van der Waals surface area contributed by atoms with E-state index in [0.717, 1.165) is 16.5 Å². The minimum Gasteiger partial charge on any atom is -0.508 e. The molecule has 4 atom stereocenters. The molecule has 4 aromatic carbocycles. The van der Waals surface area contributed by atoms with Gasteiger partial charge in [0, 0.05) is 86.5 Å². The largest absolute Gasteiger partial charge is 0.508 e. The molecule has 474 valence electrons. The number of pyridine rings is 1. The van der Waals surface area contributed by atoms with E-state index >= 15 is 0 Å². The number of carbonyl (C=O) groups is 8. The topological polar surface area (TPSA) is 263 Å². The number of hydrogen-bond acceptors (Lipinski definition) is 15. The SMILES string of the molecule is Cc1cccc2c(OC(=O)N(CCOCCOCCN3C(=O)CC(C(C)(C)C)C3=O)CCN(C)C(=O)OCc3ccc(NC(=O)[C@H](C)NC(=O)[C@H](C(C)C)N(C)C)cc3)cc3c(c12)[C@H](CCl)CN3C(=O)c1cn2cc(NC(=O)c3ccc(O)cc3)ccc2n1. The van der Waals surface area contributed by atoms with Crippen LogP contribution in [0.5, 0.6) is 11.5 Å². The van der Waals surface area contributed by atoms with E-state index < -0.39 is 47.9 Å². The summed E-state index contributed by atoms with van der Waals surface area (Å²) in [5.74, 6) is -2.24. The number of phenolic OH excluding ortho intramolecular Hbond substituents is 1. The zero-order valence-electron chi connectivity index (χ0n) is 52.0. The van der Waals surface area contributed by atoms with Gasteiger partial charge in [-0.2, -0.15) is 0 Å². The van der Waals surface area contributed by atoms with Crippen LogP contribution in [0.25, 0.3) is 16.4 Å². The number of nitrogens with zero attached hydrogens (tertiary/aromatic N) is 7. The molecule has 8 amide bonds. The van der Waals surface area contributed by atoms with E-state index in [2.05, 4.69) is 20.9 Å². The van der Waals surface area contributed by atoms with Crippen molar-refractivity contribution in [1.29, 1.82) is 0 Å². The van der Waals surface area contributed by atoms with Gasteiger partial charge in [-0.3, -0.25) is 38.6 Å². The van der Waals surface area contributed by atoms with Crippen molar-refractivity contribution in [3.63, 3.8) is 0 Å². The monoisotopic (exact) mass is 1240 g/mol. The second kappa shape index (κ2) is 29.1. The van der Waals surface area contributed by atoms with Crippen LogP contribution in [-0.4, -0.2) is 180 Å². The summed E-state index contributed by atoms with van der Waals surface area (Å²) in [6.07, 6.45) is 1.90. The average Bonchev–Trinajstić information content (AvgIpc) is 1.68. The first-order valence-corrected chi connectivity index (χ1v) is 30.1. The first-order chi connectivity index (χ1) is 42.3. The van der Waals surface area contributed by atoms with Gasteiger partial charge in [0.05, 0.1) is 56.3 Å². The second-order valence-corrected chi connectivity index (χ2v) is 24.3. The third kappa shape index (κ3) is 16.2. The number of phenols is 1. The summed E-state index contributed by atoms with van der Waals surface area (Å²) >= 11 is 6.69. The standard InChI is InChI=1S/C65H79ClN10O13/c1-39(2)57(71(8)9)60(81)67-41(4)58(79)68-45-18-14-42(15-19-45)38-88-63(84)72(10)24-25-73(26-28-86-30-31-87-29-27-75-54(78)32-49(61(75)82)65(5,6)7)64(85)89-52-33-51-56(55-40(3)12-11-13-48(52)55)44(34-66)35-76(51)62(83)50-37-74-36-46(20-23-53(74)70-50)69-59(80)43-16-21-47(77)22-17-43/h11-23,33,36-37,39,41,44,49,57,77H,24-32,34-35,38H2,1-10H3,(H,67,81)(H,68,79)(H,69,80)/t41-,44+,49?,57-/m0/s1. The Bertz CT molecular complexity index is 3580. The number of fused-ring (bicyclic) bond motifs is 4. The Morgan fingerprint density at radius 2 is 1.51 bits per heavy atom. The number of halogens is 1. The average molecular weight is 1240 g/mol. The molecule has 1 fully saturated rings. The minimum atomic E-state index is -0.806. The fourth-order valence-electron chi connectivity index (χ4n) is 11.0. The van der Waals surface area contributed by atoms with Gasteiger partial charge in [0.15, 0.2) is 0 Å². The number of likely N-dealkylation sites (N-methyl/N-ethyl adjacent to an activating group) is 2. The van der Waals surface area contributed by atoms with E-state index in [1.165, 1.54) is 46.0 Å². The Morgan fingerprint density at radius 3 is 2.17 bits per heavy atom. The number of aryl methyl sites for hydroxylation is 1. The number of aromatic hydroxyl groups is 1. The smallest absolute Gasteiger partial charge is 0.415 e. The van der Waals surface area contributed by atoms with E-state index in [1.807, 2.05) is 78.7 Å². The zero-order chi connectivity index (χ0) is 64.4. The second-order valence-electron chi connectivity index (χ2n) is 24.0. The number of rotatable bonds is 25. The summed E-state index contributed by atoms with van der Waals surface area (Å²) in [6.45, 7) is 13.8. The number of benzene rings is 4. The molecule has 0 aliphatic carbocycles. The number of ether oxygens (including phenoxy) is 4. The first-order valence-electron chi connectivity index (χ1n) is 29.6. The highest BCUT2D eigenvalue weighted by atomic mass is 35.5. The number of likely N-dealkylation sites (tertiary alicyclic amines) is 1. The van der Waals surface area contributed by atoms with E-state index in [9.17, 15) is 43.5 Å². The molecule has 24 heteroatoms. The van der Waals surface area contributed by atoms with Crippen LogP contribution >= 0.6 is 11.6 Å². The lowest BCUT2D eigenvalue weighted by atomic mass is 9.80. The number of anilines is 3. The summed E-state index contributed by atoms with van der Waals surface area (Å²) in [4.78, 5) is 119. The normalized spacial score (nSPS) is 15.6. The Kier molecular flexibility index (Phi) is 21.7. The highest BCUT2D eigenvalue weighted by molar-refractivity contribution is 6.19. The van der Waals surface area contributed by atoms with Crippen LogP contribution in [0.2, 0.25) is 0 Å². The van der Waals surface area contributed by atoms with Gasteiger partial charge >= 0.3 is 12.2 Å². The Labute approximate surface area is 522 Å². The number of alkyl halides is 1. The van der Waals surface area contributed by atoms with Crippen LogP contribution in [0.4, 0.5) is 26.7 Å². The zero-order valence-corrected chi connectivity index (χ0v) is 52.7. The molecule has 2 aliphatic heterocycles. The molecule has 0 spiro atoms. The quantitative estimate of drug-likeness (QED) is 0.0239. The molecule has 0 saturated carbocycles. The lowest BCUT2D eigenvalue weighted by Gasteiger charge is -2.28. The minimum absolute atomic E-state index is 0.00221. The number of imidazole rings is 1. The van der Waals surface area contributed by atoms with Gasteiger partial charge < -0.3 is 59.1 Å². The van der Waals surface area contributed by atoms with E-state index in [-0.39, 0.29) is 130 Å². The molecule has 23 nitrogen and oxygen atoms in total. The summed E-state index contributed by atoms with van der Waals surface area (Å²) in [5, 5.41) is 19.5. The number of aromatic nitrogens is 2. The molecule has 6 aromatic rings. The Morgan fingerprint density at radius 1 is 0.809 bits per heavy atom. The van der Waals surface area contributed by atoms with Gasteiger partial charge in [0.25, 0.3) is 11.8 Å². The fourth-order valence-corrected chi connectivity index (χ4v) is 11.2. The van der Waals surface area contributed by atoms with Gasteiger partial charge in [-0.15, -0.1) is 11.6 Å². The maximum Gasteiger partial charge on any atom is 0.415 e. The maximum atomic E-state index is 14.7. The molecular weight excluding hydrogens is 1160 g/mol. The molecule has 2 aromatic heterocycles. The molecule has 1 unspecified atom stereocenters. The Balaban J connectivity index is 0.942. The van der Waals surface area contributed by atoms with Gasteiger partial charge in [0.1, 0.15) is 35.5 Å². The van der Waals surface area contributed by atoms with Crippen molar-refractivity contribution in [2.24, 2.45) is 17.3 Å². The highest BCUT2D eigenvalue weighted by Gasteiger charge is 2.44. The van der Waals surface area contributed by atoms with Crippen molar-refractivity contribution in [1.82, 2.24) is 34.3 Å². The van der Waals surface area contributed by atoms with E-state index in [1.54, 1.807) is 71.1 Å². The van der Waals surface area contributed by atoms with Crippen LogP contribution in [-0.2, 0) is 40.0 Å². The van der Waals surface area contributed by atoms with Crippen LogP contribution in [0.15, 0.2) is 97.3 Å². The number of carbonyl (C=O) groups excluding carboxylic acids is 8. The number of hydrogen-bond donors (Lipinski definition) is 4. The maximum absolute atomic E-state index is 14.7. The van der Waals surface area contributed by atoms with Crippen LogP contribution in [0, 0.1) is 24.2 Å². The molecule has 4 N–H and O–H groups in total. The van der Waals surface area contributed by atoms with Crippen LogP contribution < -0.4 is 25.6 Å². The van der Waals surface area contributed by atoms with Gasteiger partial charge in [-0.1, -0.05) is 65.0 Å². The van der Waals surface area contributed by atoms with E-state index in [4.69, 9.17) is 30.5 Å². The lowest BCUT2D eigenvalue weighted by Crippen LogP contribution is -2.51. The first kappa shape index (κ1) is 66.3. The molecule has 4 heterocycles. The molecule has 89 heavy (non-hydrogen) atoms. The van der Waals surface area contributed by atoms with E-state index in [0.29, 0.717) is 39.2 Å².